The molecule has 0 amide bonds. The Hall–Kier alpha value is -1.14. The van der Waals surface area contributed by atoms with Gasteiger partial charge in [-0.2, -0.15) is 0 Å². The van der Waals surface area contributed by atoms with Crippen LogP contribution < -0.4 is 10.2 Å². The second-order valence-corrected chi connectivity index (χ2v) is 7.10. The van der Waals surface area contributed by atoms with Crippen LogP contribution in [-0.4, -0.2) is 33.9 Å². The third kappa shape index (κ3) is 3.12. The van der Waals surface area contributed by atoms with Gasteiger partial charge < -0.3 is 14.0 Å². The first-order valence-corrected chi connectivity index (χ1v) is 6.87. The van der Waals surface area contributed by atoms with E-state index in [9.17, 15) is 0 Å². The molecule has 2 rings (SSSR count). The van der Waals surface area contributed by atoms with Crippen LogP contribution in [0.15, 0.2) is 12.4 Å². The summed E-state index contributed by atoms with van der Waals surface area (Å²) >= 11 is 0. The molecule has 20 heavy (non-hydrogen) atoms. The SMILES string of the molecule is CC(C)(C)Oc1ncc(B2OC(C)(C)C(C)(C)O2)cn1. The van der Waals surface area contributed by atoms with Crippen LogP contribution in [0.3, 0.4) is 0 Å². The van der Waals surface area contributed by atoms with E-state index in [0.29, 0.717) is 6.01 Å². The molecule has 0 spiro atoms. The van der Waals surface area contributed by atoms with Crippen LogP contribution in [0, 0.1) is 0 Å². The van der Waals surface area contributed by atoms with Crippen LogP contribution in [0.25, 0.3) is 0 Å². The van der Waals surface area contributed by atoms with Crippen LogP contribution >= 0.6 is 0 Å². The smallest absolute Gasteiger partial charge is 0.458 e. The Kier molecular flexibility index (Phi) is 3.59. The number of aromatic nitrogens is 2. The Balaban J connectivity index is 2.12. The first-order valence-electron chi connectivity index (χ1n) is 6.87. The van der Waals surface area contributed by atoms with Gasteiger partial charge in [0.2, 0.25) is 0 Å². The lowest BCUT2D eigenvalue weighted by molar-refractivity contribution is 0.00578. The molecule has 5 nitrogen and oxygen atoms in total. The second-order valence-electron chi connectivity index (χ2n) is 7.10. The molecular formula is C14H23BN2O3. The quantitative estimate of drug-likeness (QED) is 0.774. The highest BCUT2D eigenvalue weighted by molar-refractivity contribution is 6.61. The van der Waals surface area contributed by atoms with Gasteiger partial charge in [-0.15, -0.1) is 0 Å². The molecule has 1 aliphatic heterocycles. The molecule has 1 saturated heterocycles. The van der Waals surface area contributed by atoms with Crippen molar-refractivity contribution in [1.29, 1.82) is 0 Å². The monoisotopic (exact) mass is 278 g/mol. The molecule has 6 heteroatoms. The van der Waals surface area contributed by atoms with Crippen LogP contribution in [-0.2, 0) is 9.31 Å². The molecule has 0 radical (unpaired) electrons. The maximum Gasteiger partial charge on any atom is 0.498 e. The predicted octanol–water partition coefficient (Wildman–Crippen LogP) is 1.95. The van der Waals surface area contributed by atoms with Gasteiger partial charge in [-0.05, 0) is 48.5 Å². The predicted molar refractivity (Wildman–Crippen MR) is 78.1 cm³/mol. The molecule has 1 aliphatic rings. The second kappa shape index (κ2) is 4.70. The fraction of sp³-hybridized carbons (Fsp3) is 0.714. The zero-order chi connectivity index (χ0) is 15.2. The molecule has 1 aromatic rings. The normalized spacial score (nSPS) is 21.1. The lowest BCUT2D eigenvalue weighted by Gasteiger charge is -2.32. The summed E-state index contributed by atoms with van der Waals surface area (Å²) in [7, 11) is -0.441. The van der Waals surface area contributed by atoms with Crippen LogP contribution in [0.4, 0.5) is 0 Å². The minimum absolute atomic E-state index is 0.314. The highest BCUT2D eigenvalue weighted by Crippen LogP contribution is 2.36. The largest absolute Gasteiger partial charge is 0.498 e. The Bertz CT molecular complexity index is 464. The molecular weight excluding hydrogens is 255 g/mol. The Morgan fingerprint density at radius 2 is 1.45 bits per heavy atom. The van der Waals surface area contributed by atoms with Gasteiger partial charge in [-0.3, -0.25) is 0 Å². The van der Waals surface area contributed by atoms with E-state index in [2.05, 4.69) is 9.97 Å². The number of nitrogens with zero attached hydrogens (tertiary/aromatic N) is 2. The van der Waals surface area contributed by atoms with Crippen LogP contribution in [0.5, 0.6) is 6.01 Å². The number of ether oxygens (including phenoxy) is 1. The van der Waals surface area contributed by atoms with Crippen LogP contribution in [0.2, 0.25) is 0 Å². The summed E-state index contributed by atoms with van der Waals surface area (Å²) in [6.45, 7) is 13.9. The lowest BCUT2D eigenvalue weighted by Crippen LogP contribution is -2.41. The fourth-order valence-electron chi connectivity index (χ4n) is 1.75. The molecule has 0 N–H and O–H groups in total. The maximum absolute atomic E-state index is 5.95. The average molecular weight is 278 g/mol. The van der Waals surface area contributed by atoms with E-state index in [-0.39, 0.29) is 16.8 Å². The summed E-state index contributed by atoms with van der Waals surface area (Å²) in [5.41, 5.74) is -0.243. The van der Waals surface area contributed by atoms with E-state index in [1.165, 1.54) is 0 Å². The van der Waals surface area contributed by atoms with Gasteiger partial charge in [0.1, 0.15) is 5.60 Å². The van der Waals surface area contributed by atoms with E-state index in [1.807, 2.05) is 48.5 Å². The van der Waals surface area contributed by atoms with E-state index in [4.69, 9.17) is 14.0 Å². The molecule has 1 fully saturated rings. The van der Waals surface area contributed by atoms with E-state index >= 15 is 0 Å². The van der Waals surface area contributed by atoms with Crippen molar-refractivity contribution in [3.63, 3.8) is 0 Å². The summed E-state index contributed by atoms with van der Waals surface area (Å²) in [5, 5.41) is 0. The fourth-order valence-corrected chi connectivity index (χ4v) is 1.75. The molecule has 0 atom stereocenters. The summed E-state index contributed by atoms with van der Waals surface area (Å²) < 4.78 is 17.5. The highest BCUT2D eigenvalue weighted by Gasteiger charge is 2.51. The van der Waals surface area contributed by atoms with Gasteiger partial charge >= 0.3 is 13.1 Å². The van der Waals surface area contributed by atoms with Gasteiger partial charge in [0.05, 0.1) is 11.2 Å². The van der Waals surface area contributed by atoms with Gasteiger partial charge in [0.25, 0.3) is 0 Å². The van der Waals surface area contributed by atoms with Crippen molar-refractivity contribution >= 4 is 12.6 Å². The van der Waals surface area contributed by atoms with E-state index in [0.717, 1.165) is 5.46 Å². The van der Waals surface area contributed by atoms with Gasteiger partial charge in [-0.25, -0.2) is 9.97 Å². The molecule has 110 valence electrons. The maximum atomic E-state index is 5.95. The van der Waals surface area contributed by atoms with Crippen molar-refractivity contribution in [2.24, 2.45) is 0 Å². The zero-order valence-electron chi connectivity index (χ0n) is 13.4. The van der Waals surface area contributed by atoms with Gasteiger partial charge in [0, 0.05) is 17.9 Å². The van der Waals surface area contributed by atoms with Crippen molar-refractivity contribution < 1.29 is 14.0 Å². The lowest BCUT2D eigenvalue weighted by atomic mass is 9.81. The third-order valence-corrected chi connectivity index (χ3v) is 3.57. The Morgan fingerprint density at radius 1 is 1.00 bits per heavy atom. The molecule has 0 unspecified atom stereocenters. The van der Waals surface area contributed by atoms with Crippen molar-refractivity contribution in [3.8, 4) is 6.01 Å². The van der Waals surface area contributed by atoms with Gasteiger partial charge in [-0.1, -0.05) is 0 Å². The molecule has 1 aromatic heterocycles. The van der Waals surface area contributed by atoms with Crippen molar-refractivity contribution in [2.45, 2.75) is 65.3 Å². The summed E-state index contributed by atoms with van der Waals surface area (Å²) in [4.78, 5) is 8.42. The van der Waals surface area contributed by atoms with Crippen molar-refractivity contribution in [3.05, 3.63) is 12.4 Å². The molecule has 0 aliphatic carbocycles. The molecule has 0 bridgehead atoms. The Morgan fingerprint density at radius 3 is 1.85 bits per heavy atom. The molecule has 0 saturated carbocycles. The van der Waals surface area contributed by atoms with E-state index in [1.54, 1.807) is 12.4 Å². The first-order chi connectivity index (χ1) is 9.00. The van der Waals surface area contributed by atoms with Crippen LogP contribution in [0.1, 0.15) is 48.5 Å². The third-order valence-electron chi connectivity index (χ3n) is 3.57. The standard InChI is InChI=1S/C14H23BN2O3/c1-12(2,3)18-11-16-8-10(9-17-11)15-19-13(4,5)14(6,7)20-15/h8-9H,1-7H3. The number of hydrogen-bond donors (Lipinski definition) is 0. The first kappa shape index (κ1) is 15.3. The Labute approximate surface area is 121 Å². The zero-order valence-corrected chi connectivity index (χ0v) is 13.4. The molecule has 0 aromatic carbocycles. The topological polar surface area (TPSA) is 53.5 Å². The van der Waals surface area contributed by atoms with Gasteiger partial charge in [0.15, 0.2) is 0 Å². The minimum atomic E-state index is -0.441. The number of rotatable bonds is 2. The van der Waals surface area contributed by atoms with Crippen molar-refractivity contribution in [1.82, 2.24) is 9.97 Å². The highest BCUT2D eigenvalue weighted by atomic mass is 16.7. The van der Waals surface area contributed by atoms with Crippen molar-refractivity contribution in [2.75, 3.05) is 0 Å². The number of hydrogen-bond acceptors (Lipinski definition) is 5. The summed E-state index contributed by atoms with van der Waals surface area (Å²) in [6, 6.07) is 0.359. The summed E-state index contributed by atoms with van der Waals surface area (Å²) in [6.07, 6.45) is 3.38. The summed E-state index contributed by atoms with van der Waals surface area (Å²) in [5.74, 6) is 0. The molecule has 2 heterocycles. The minimum Gasteiger partial charge on any atom is -0.458 e. The average Bonchev–Trinajstić information content (AvgIpc) is 2.47. The van der Waals surface area contributed by atoms with E-state index < -0.39 is 7.12 Å².